The highest BCUT2D eigenvalue weighted by molar-refractivity contribution is 5.85. The minimum absolute atomic E-state index is 0.0781. The van der Waals surface area contributed by atoms with Crippen molar-refractivity contribution in [2.45, 2.75) is 38.3 Å². The van der Waals surface area contributed by atoms with Gasteiger partial charge in [-0.1, -0.05) is 30.3 Å². The van der Waals surface area contributed by atoms with Gasteiger partial charge in [-0.15, -0.1) is 0 Å². The summed E-state index contributed by atoms with van der Waals surface area (Å²) in [5.74, 6) is -0.417. The Kier molecular flexibility index (Phi) is 10.7. The molecule has 0 heterocycles. The number of amides is 3. The third-order valence-electron chi connectivity index (χ3n) is 3.58. The Balaban J connectivity index is 2.47. The fourth-order valence-corrected chi connectivity index (χ4v) is 2.22. The van der Waals surface area contributed by atoms with Gasteiger partial charge in [0, 0.05) is 19.5 Å². The number of benzene rings is 1. The topological polar surface area (TPSA) is 134 Å². The number of rotatable bonds is 12. The molecule has 27 heavy (non-hydrogen) atoms. The number of ether oxygens (including phenoxy) is 1. The molecule has 0 aromatic heterocycles. The largest absolute Gasteiger partial charge is 0.465 e. The van der Waals surface area contributed by atoms with Crippen LogP contribution in [0, 0.1) is 0 Å². The van der Waals surface area contributed by atoms with Crippen LogP contribution in [0.1, 0.15) is 31.2 Å². The number of alkyl carbamates (subject to hydrolysis) is 1. The van der Waals surface area contributed by atoms with Gasteiger partial charge in [-0.2, -0.15) is 0 Å². The minimum atomic E-state index is -1.11. The molecule has 1 aromatic rings. The highest BCUT2D eigenvalue weighted by Crippen LogP contribution is 2.04. The number of carbonyl (C=O) groups is 4. The second-order valence-corrected chi connectivity index (χ2v) is 5.73. The maximum absolute atomic E-state index is 12.2. The summed E-state index contributed by atoms with van der Waals surface area (Å²) < 4.78 is 5.12. The van der Waals surface area contributed by atoms with E-state index in [9.17, 15) is 19.2 Å². The Labute approximate surface area is 157 Å². The molecule has 0 saturated heterocycles. The summed E-state index contributed by atoms with van der Waals surface area (Å²) in [6.07, 6.45) is 0.386. The summed E-state index contributed by atoms with van der Waals surface area (Å²) >= 11 is 0. The summed E-state index contributed by atoms with van der Waals surface area (Å²) in [7, 11) is 0. The van der Waals surface area contributed by atoms with Gasteiger partial charge in [-0.05, 0) is 24.8 Å². The van der Waals surface area contributed by atoms with Crippen LogP contribution >= 0.6 is 0 Å². The predicted octanol–water partition coefficient (Wildman–Crippen LogP) is 1.42. The van der Waals surface area contributed by atoms with Crippen LogP contribution in [0.15, 0.2) is 30.3 Å². The van der Waals surface area contributed by atoms with Crippen molar-refractivity contribution in [3.8, 4) is 0 Å². The number of carboxylic acid groups (broad SMARTS) is 1. The molecule has 0 aliphatic carbocycles. The Bertz CT molecular complexity index is 608. The van der Waals surface area contributed by atoms with E-state index in [1.165, 1.54) is 0 Å². The van der Waals surface area contributed by atoms with Crippen LogP contribution in [0.2, 0.25) is 0 Å². The van der Waals surface area contributed by atoms with Crippen LogP contribution in [0.5, 0.6) is 0 Å². The number of unbranched alkanes of at least 4 members (excludes halogenated alkanes) is 1. The molecule has 0 aliphatic rings. The maximum Gasteiger partial charge on any atom is 0.408 e. The van der Waals surface area contributed by atoms with E-state index in [-0.39, 0.29) is 26.1 Å². The van der Waals surface area contributed by atoms with E-state index in [0.29, 0.717) is 25.5 Å². The molecule has 9 heteroatoms. The molecule has 0 aliphatic heterocycles. The van der Waals surface area contributed by atoms with Crippen LogP contribution in [-0.2, 0) is 20.9 Å². The molecule has 0 saturated carbocycles. The number of nitrogens with one attached hydrogen (secondary N) is 3. The molecule has 1 atom stereocenters. The van der Waals surface area contributed by atoms with E-state index >= 15 is 0 Å². The highest BCUT2D eigenvalue weighted by atomic mass is 16.5. The van der Waals surface area contributed by atoms with E-state index in [1.807, 2.05) is 30.3 Å². The lowest BCUT2D eigenvalue weighted by molar-refractivity contribution is -0.123. The normalized spacial score (nSPS) is 11.1. The molecular weight excluding hydrogens is 354 g/mol. The number of hydrogen-bond acceptors (Lipinski definition) is 5. The summed E-state index contributed by atoms with van der Waals surface area (Å²) in [5, 5.41) is 15.8. The Morgan fingerprint density at radius 1 is 1.07 bits per heavy atom. The van der Waals surface area contributed by atoms with Crippen molar-refractivity contribution in [1.29, 1.82) is 0 Å². The van der Waals surface area contributed by atoms with Crippen molar-refractivity contribution in [3.05, 3.63) is 35.9 Å². The Morgan fingerprint density at radius 3 is 2.48 bits per heavy atom. The van der Waals surface area contributed by atoms with Crippen LogP contribution in [-0.4, -0.2) is 48.6 Å². The molecule has 1 aromatic carbocycles. The van der Waals surface area contributed by atoms with Gasteiger partial charge >= 0.3 is 12.2 Å². The third kappa shape index (κ3) is 10.5. The fourth-order valence-electron chi connectivity index (χ4n) is 2.22. The van der Waals surface area contributed by atoms with Gasteiger partial charge in [0.2, 0.25) is 5.91 Å². The zero-order valence-corrected chi connectivity index (χ0v) is 15.0. The van der Waals surface area contributed by atoms with Crippen molar-refractivity contribution < 1.29 is 29.0 Å². The Morgan fingerprint density at radius 2 is 1.81 bits per heavy atom. The van der Waals surface area contributed by atoms with Crippen LogP contribution < -0.4 is 16.0 Å². The highest BCUT2D eigenvalue weighted by Gasteiger charge is 2.20. The van der Waals surface area contributed by atoms with Crippen LogP contribution in [0.3, 0.4) is 0 Å². The molecule has 1 rings (SSSR count). The molecule has 0 radical (unpaired) electrons. The summed E-state index contributed by atoms with van der Waals surface area (Å²) in [4.78, 5) is 44.9. The van der Waals surface area contributed by atoms with Gasteiger partial charge in [0.25, 0.3) is 0 Å². The molecule has 3 amide bonds. The van der Waals surface area contributed by atoms with Gasteiger partial charge < -0.3 is 30.6 Å². The first-order valence-electron chi connectivity index (χ1n) is 8.68. The van der Waals surface area contributed by atoms with E-state index < -0.39 is 24.1 Å². The molecular formula is C18H25N3O6. The Hall–Kier alpha value is -3.10. The van der Waals surface area contributed by atoms with Gasteiger partial charge in [-0.3, -0.25) is 4.79 Å². The summed E-state index contributed by atoms with van der Waals surface area (Å²) in [6, 6.07) is 8.29. The molecule has 0 fully saturated rings. The summed E-state index contributed by atoms with van der Waals surface area (Å²) in [6.45, 7) is 0.516. The summed E-state index contributed by atoms with van der Waals surface area (Å²) in [5.41, 5.74) is 0.819. The standard InChI is InChI=1S/C18H25N3O6/c22-12-6-11-19-16(23)15(9-4-5-10-20-17(24)25)21-18(26)27-13-14-7-2-1-3-8-14/h1-3,7-8,12,15,20H,4-6,9-11,13H2,(H,19,23)(H,21,26)(H,24,25). The van der Waals surface area contributed by atoms with Crippen molar-refractivity contribution in [1.82, 2.24) is 16.0 Å². The SMILES string of the molecule is O=CCCNC(=O)C(CCCCNC(=O)O)NC(=O)OCc1ccccc1. The third-order valence-corrected chi connectivity index (χ3v) is 3.58. The molecule has 0 spiro atoms. The zero-order valence-electron chi connectivity index (χ0n) is 15.0. The van der Waals surface area contributed by atoms with Gasteiger partial charge in [0.1, 0.15) is 18.9 Å². The fraction of sp³-hybridized carbons (Fsp3) is 0.444. The monoisotopic (exact) mass is 379 g/mol. The first-order chi connectivity index (χ1) is 13.0. The van der Waals surface area contributed by atoms with Gasteiger partial charge in [0.15, 0.2) is 0 Å². The second-order valence-electron chi connectivity index (χ2n) is 5.73. The number of aldehydes is 1. The van der Waals surface area contributed by atoms with Crippen molar-refractivity contribution in [2.75, 3.05) is 13.1 Å². The maximum atomic E-state index is 12.2. The molecule has 1 unspecified atom stereocenters. The lowest BCUT2D eigenvalue weighted by atomic mass is 10.1. The van der Waals surface area contributed by atoms with Crippen LogP contribution in [0.25, 0.3) is 0 Å². The lowest BCUT2D eigenvalue weighted by Crippen LogP contribution is -2.47. The quantitative estimate of drug-likeness (QED) is 0.321. The van der Waals surface area contributed by atoms with Crippen molar-refractivity contribution >= 4 is 24.4 Å². The minimum Gasteiger partial charge on any atom is -0.465 e. The zero-order chi connectivity index (χ0) is 19.9. The average molecular weight is 379 g/mol. The lowest BCUT2D eigenvalue weighted by Gasteiger charge is -2.18. The molecule has 9 nitrogen and oxygen atoms in total. The van der Waals surface area contributed by atoms with E-state index in [0.717, 1.165) is 5.56 Å². The number of carbonyl (C=O) groups excluding carboxylic acids is 3. The molecule has 0 bridgehead atoms. The first-order valence-corrected chi connectivity index (χ1v) is 8.68. The van der Waals surface area contributed by atoms with Crippen molar-refractivity contribution in [2.24, 2.45) is 0 Å². The average Bonchev–Trinajstić information content (AvgIpc) is 2.66. The van der Waals surface area contributed by atoms with E-state index in [1.54, 1.807) is 0 Å². The van der Waals surface area contributed by atoms with Crippen molar-refractivity contribution in [3.63, 3.8) is 0 Å². The van der Waals surface area contributed by atoms with Gasteiger partial charge in [-0.25, -0.2) is 9.59 Å². The molecule has 4 N–H and O–H groups in total. The van der Waals surface area contributed by atoms with Gasteiger partial charge in [0.05, 0.1) is 0 Å². The number of hydrogen-bond donors (Lipinski definition) is 4. The molecule has 148 valence electrons. The first kappa shape index (κ1) is 21.9. The predicted molar refractivity (Wildman–Crippen MR) is 97.1 cm³/mol. The smallest absolute Gasteiger partial charge is 0.408 e. The van der Waals surface area contributed by atoms with E-state index in [2.05, 4.69) is 16.0 Å². The van der Waals surface area contributed by atoms with E-state index in [4.69, 9.17) is 9.84 Å². The second kappa shape index (κ2) is 13.2. The van der Waals surface area contributed by atoms with Crippen LogP contribution in [0.4, 0.5) is 9.59 Å².